The van der Waals surface area contributed by atoms with Gasteiger partial charge in [-0.1, -0.05) is 6.07 Å². The van der Waals surface area contributed by atoms with Gasteiger partial charge in [0.1, 0.15) is 0 Å². The first kappa shape index (κ1) is 13.5. The van der Waals surface area contributed by atoms with Crippen LogP contribution in [-0.4, -0.2) is 8.42 Å². The maximum atomic E-state index is 12.1. The lowest BCUT2D eigenvalue weighted by Gasteiger charge is -2.08. The molecular formula is C11H11BrN2O2S2. The Bertz CT molecular complexity index is 639. The quantitative estimate of drug-likeness (QED) is 0.835. The highest BCUT2D eigenvalue weighted by molar-refractivity contribution is 9.10. The summed E-state index contributed by atoms with van der Waals surface area (Å²) in [6.45, 7) is 0.289. The zero-order chi connectivity index (χ0) is 13.2. The minimum Gasteiger partial charge on any atom is -0.399 e. The Hall–Kier alpha value is -0.890. The molecule has 18 heavy (non-hydrogen) atoms. The van der Waals surface area contributed by atoms with E-state index < -0.39 is 10.0 Å². The van der Waals surface area contributed by atoms with Crippen molar-refractivity contribution in [3.8, 4) is 0 Å². The van der Waals surface area contributed by atoms with E-state index in [1.165, 1.54) is 17.4 Å². The molecule has 96 valence electrons. The topological polar surface area (TPSA) is 72.2 Å². The fraction of sp³-hybridized carbons (Fsp3) is 0.0909. The van der Waals surface area contributed by atoms with Crippen LogP contribution in [0.5, 0.6) is 0 Å². The van der Waals surface area contributed by atoms with E-state index in [-0.39, 0.29) is 11.4 Å². The summed E-state index contributed by atoms with van der Waals surface area (Å²) in [4.78, 5) is 1.15. The molecule has 0 saturated heterocycles. The molecule has 2 rings (SSSR count). The van der Waals surface area contributed by atoms with E-state index in [0.29, 0.717) is 10.2 Å². The molecule has 0 radical (unpaired) electrons. The third-order valence-corrected chi connectivity index (χ3v) is 5.52. The summed E-state index contributed by atoms with van der Waals surface area (Å²) < 4.78 is 27.2. The van der Waals surface area contributed by atoms with Gasteiger partial charge in [-0.3, -0.25) is 0 Å². The molecule has 1 heterocycles. The SMILES string of the molecule is Nc1ccc(S(=O)(=O)NCc2cccs2)c(Br)c1. The highest BCUT2D eigenvalue weighted by Crippen LogP contribution is 2.24. The van der Waals surface area contributed by atoms with Crippen LogP contribution in [0.15, 0.2) is 45.1 Å². The van der Waals surface area contributed by atoms with Gasteiger partial charge >= 0.3 is 0 Å². The third kappa shape index (κ3) is 3.11. The third-order valence-electron chi connectivity index (χ3n) is 2.26. The number of halogens is 1. The summed E-state index contributed by atoms with van der Waals surface area (Å²) >= 11 is 4.71. The number of rotatable bonds is 4. The average Bonchev–Trinajstić information content (AvgIpc) is 2.78. The van der Waals surface area contributed by atoms with Crippen LogP contribution in [0.4, 0.5) is 5.69 Å². The van der Waals surface area contributed by atoms with E-state index in [1.807, 2.05) is 17.5 Å². The molecule has 1 aromatic heterocycles. The minimum absolute atomic E-state index is 0.188. The van der Waals surface area contributed by atoms with Crippen LogP contribution < -0.4 is 10.5 Å². The summed E-state index contributed by atoms with van der Waals surface area (Å²) in [6.07, 6.45) is 0. The van der Waals surface area contributed by atoms with Crippen molar-refractivity contribution in [2.75, 3.05) is 5.73 Å². The van der Waals surface area contributed by atoms with Crippen LogP contribution in [0.2, 0.25) is 0 Å². The summed E-state index contributed by atoms with van der Waals surface area (Å²) in [7, 11) is -3.53. The number of anilines is 1. The van der Waals surface area contributed by atoms with Crippen LogP contribution in [0.25, 0.3) is 0 Å². The van der Waals surface area contributed by atoms with Crippen LogP contribution in [0.3, 0.4) is 0 Å². The number of nitrogens with two attached hydrogens (primary N) is 1. The molecule has 7 heteroatoms. The first-order valence-corrected chi connectivity index (χ1v) is 8.22. The molecule has 0 atom stereocenters. The second-order valence-corrected chi connectivity index (χ2v) is 7.22. The predicted octanol–water partition coefficient (Wildman–Crippen LogP) is 2.57. The van der Waals surface area contributed by atoms with Crippen LogP contribution in [0, 0.1) is 0 Å². The van der Waals surface area contributed by atoms with Gasteiger partial charge in [-0.2, -0.15) is 0 Å². The second-order valence-electron chi connectivity index (χ2n) is 3.59. The molecule has 0 aliphatic carbocycles. The average molecular weight is 347 g/mol. The van der Waals surface area contributed by atoms with E-state index in [1.54, 1.807) is 12.1 Å². The number of benzene rings is 1. The molecule has 0 unspecified atom stereocenters. The number of nitrogen functional groups attached to an aromatic ring is 1. The van der Waals surface area contributed by atoms with E-state index >= 15 is 0 Å². The molecule has 0 amide bonds. The summed E-state index contributed by atoms with van der Waals surface area (Å²) in [5.74, 6) is 0. The molecule has 1 aromatic carbocycles. The molecule has 0 aliphatic heterocycles. The molecule has 2 aromatic rings. The number of hydrogen-bond acceptors (Lipinski definition) is 4. The lowest BCUT2D eigenvalue weighted by Crippen LogP contribution is -2.23. The van der Waals surface area contributed by atoms with Crippen molar-refractivity contribution >= 4 is 43.0 Å². The fourth-order valence-corrected chi connectivity index (χ4v) is 4.23. The van der Waals surface area contributed by atoms with Crippen molar-refractivity contribution in [2.24, 2.45) is 0 Å². The van der Waals surface area contributed by atoms with E-state index in [9.17, 15) is 8.42 Å². The highest BCUT2D eigenvalue weighted by atomic mass is 79.9. The fourth-order valence-electron chi connectivity index (χ4n) is 1.39. The van der Waals surface area contributed by atoms with Crippen LogP contribution in [0.1, 0.15) is 4.88 Å². The summed E-state index contributed by atoms with van der Waals surface area (Å²) in [5, 5.41) is 1.91. The Morgan fingerprint density at radius 2 is 2.11 bits per heavy atom. The van der Waals surface area contributed by atoms with Gasteiger partial charge in [0.05, 0.1) is 4.90 Å². The normalized spacial score (nSPS) is 11.6. The number of sulfonamides is 1. The van der Waals surface area contributed by atoms with Crippen molar-refractivity contribution in [3.05, 3.63) is 45.1 Å². The highest BCUT2D eigenvalue weighted by Gasteiger charge is 2.17. The molecule has 0 bridgehead atoms. The first-order chi connectivity index (χ1) is 8.49. The van der Waals surface area contributed by atoms with Gasteiger partial charge in [0.25, 0.3) is 0 Å². The zero-order valence-electron chi connectivity index (χ0n) is 9.26. The van der Waals surface area contributed by atoms with Crippen molar-refractivity contribution in [2.45, 2.75) is 11.4 Å². The van der Waals surface area contributed by atoms with Gasteiger partial charge in [0.15, 0.2) is 0 Å². The second kappa shape index (κ2) is 5.40. The maximum Gasteiger partial charge on any atom is 0.242 e. The predicted molar refractivity (Wildman–Crippen MR) is 76.9 cm³/mol. The minimum atomic E-state index is -3.53. The Morgan fingerprint density at radius 3 is 2.72 bits per heavy atom. The van der Waals surface area contributed by atoms with Crippen molar-refractivity contribution < 1.29 is 8.42 Å². The van der Waals surface area contributed by atoms with Gasteiger partial charge in [0, 0.05) is 21.6 Å². The maximum absolute atomic E-state index is 12.1. The Kier molecular flexibility index (Phi) is 4.06. The van der Waals surface area contributed by atoms with Crippen molar-refractivity contribution in [1.82, 2.24) is 4.72 Å². The van der Waals surface area contributed by atoms with Gasteiger partial charge < -0.3 is 5.73 Å². The first-order valence-electron chi connectivity index (χ1n) is 5.06. The Morgan fingerprint density at radius 1 is 1.33 bits per heavy atom. The van der Waals surface area contributed by atoms with Crippen molar-refractivity contribution in [1.29, 1.82) is 0 Å². The van der Waals surface area contributed by atoms with E-state index in [2.05, 4.69) is 20.7 Å². The monoisotopic (exact) mass is 346 g/mol. The zero-order valence-corrected chi connectivity index (χ0v) is 12.5. The van der Waals surface area contributed by atoms with Gasteiger partial charge in [-0.05, 0) is 45.6 Å². The van der Waals surface area contributed by atoms with Gasteiger partial charge in [-0.15, -0.1) is 11.3 Å². The molecule has 0 spiro atoms. The summed E-state index contributed by atoms with van der Waals surface area (Å²) in [5.41, 5.74) is 6.09. The summed E-state index contributed by atoms with van der Waals surface area (Å²) in [6, 6.07) is 8.37. The molecule has 0 saturated carbocycles. The number of thiophene rings is 1. The van der Waals surface area contributed by atoms with Gasteiger partial charge in [0.2, 0.25) is 10.0 Å². The van der Waals surface area contributed by atoms with Crippen molar-refractivity contribution in [3.63, 3.8) is 0 Å². The largest absolute Gasteiger partial charge is 0.399 e. The molecule has 0 aliphatic rings. The lowest BCUT2D eigenvalue weighted by atomic mass is 10.3. The number of nitrogens with one attached hydrogen (secondary N) is 1. The van der Waals surface area contributed by atoms with Crippen LogP contribution >= 0.6 is 27.3 Å². The van der Waals surface area contributed by atoms with E-state index in [0.717, 1.165) is 4.88 Å². The smallest absolute Gasteiger partial charge is 0.242 e. The van der Waals surface area contributed by atoms with E-state index in [4.69, 9.17) is 5.73 Å². The standard InChI is InChI=1S/C11H11BrN2O2S2/c12-10-6-8(13)3-4-11(10)18(15,16)14-7-9-2-1-5-17-9/h1-6,14H,7,13H2. The lowest BCUT2D eigenvalue weighted by molar-refractivity contribution is 0.581. The molecule has 3 N–H and O–H groups in total. The number of hydrogen-bond donors (Lipinski definition) is 2. The molecular weight excluding hydrogens is 336 g/mol. The van der Waals surface area contributed by atoms with Crippen LogP contribution in [-0.2, 0) is 16.6 Å². The molecule has 0 fully saturated rings. The molecule has 4 nitrogen and oxygen atoms in total. The Labute approximate surface area is 118 Å². The Balaban J connectivity index is 2.20. The van der Waals surface area contributed by atoms with Gasteiger partial charge in [-0.25, -0.2) is 13.1 Å².